The van der Waals surface area contributed by atoms with Crippen LogP contribution in [0.15, 0.2) is 60.7 Å². The van der Waals surface area contributed by atoms with E-state index in [1.54, 1.807) is 65.4 Å². The molecule has 7 heteroatoms. The van der Waals surface area contributed by atoms with Crippen LogP contribution in [0.5, 0.6) is 0 Å². The molecule has 0 saturated heterocycles. The lowest BCUT2D eigenvalue weighted by atomic mass is 10.2. The van der Waals surface area contributed by atoms with Crippen LogP contribution in [-0.2, 0) is 10.2 Å². The summed E-state index contributed by atoms with van der Waals surface area (Å²) in [4.78, 5) is 13.3. The Morgan fingerprint density at radius 2 is 1.30 bits per heavy atom. The van der Waals surface area contributed by atoms with E-state index in [2.05, 4.69) is 0 Å². The van der Waals surface area contributed by atoms with Crippen molar-refractivity contribution in [2.75, 3.05) is 4.90 Å². The van der Waals surface area contributed by atoms with Gasteiger partial charge < -0.3 is 0 Å². The quantitative estimate of drug-likeness (QED) is 0.902. The topological polar surface area (TPSA) is 92.5 Å². The molecule has 0 aromatic heterocycles. The third-order valence-electron chi connectivity index (χ3n) is 2.46. The lowest BCUT2D eigenvalue weighted by Gasteiger charge is -2.22. The highest BCUT2D eigenvalue weighted by molar-refractivity contribution is 7.87. The van der Waals surface area contributed by atoms with Crippen LogP contribution < -0.4 is 14.8 Å². The van der Waals surface area contributed by atoms with Gasteiger partial charge in [-0.15, -0.1) is 0 Å². The van der Waals surface area contributed by atoms with Gasteiger partial charge in [-0.1, -0.05) is 36.4 Å². The van der Waals surface area contributed by atoms with Crippen LogP contribution in [-0.4, -0.2) is 14.4 Å². The van der Waals surface area contributed by atoms with E-state index in [1.165, 1.54) is 4.90 Å². The zero-order chi connectivity index (χ0) is 14.6. The molecule has 2 aromatic carbocycles. The lowest BCUT2D eigenvalue weighted by Crippen LogP contribution is -2.43. The molecule has 0 aliphatic rings. The summed E-state index contributed by atoms with van der Waals surface area (Å²) in [5, 5.41) is 4.84. The Hall–Kier alpha value is -2.38. The molecule has 0 saturated carbocycles. The zero-order valence-corrected chi connectivity index (χ0v) is 11.2. The lowest BCUT2D eigenvalue weighted by molar-refractivity contribution is 0.253. The maximum atomic E-state index is 12.1. The van der Waals surface area contributed by atoms with Gasteiger partial charge in [0.2, 0.25) is 0 Å². The number of anilines is 2. The van der Waals surface area contributed by atoms with Crippen molar-refractivity contribution in [2.24, 2.45) is 5.14 Å². The SMILES string of the molecule is NS(=O)(=O)NC(=O)N(c1ccccc1)c1ccccc1. The summed E-state index contributed by atoms with van der Waals surface area (Å²) < 4.78 is 23.8. The molecule has 0 heterocycles. The van der Waals surface area contributed by atoms with Crippen molar-refractivity contribution in [3.05, 3.63) is 60.7 Å². The van der Waals surface area contributed by atoms with Gasteiger partial charge in [-0.2, -0.15) is 8.42 Å². The third kappa shape index (κ3) is 3.56. The Balaban J connectivity index is 2.43. The van der Waals surface area contributed by atoms with Crippen molar-refractivity contribution in [1.82, 2.24) is 4.72 Å². The molecule has 2 amide bonds. The molecule has 0 aliphatic heterocycles. The molecule has 0 atom stereocenters. The van der Waals surface area contributed by atoms with Crippen molar-refractivity contribution in [1.29, 1.82) is 0 Å². The van der Waals surface area contributed by atoms with E-state index in [0.717, 1.165) is 0 Å². The number of hydrogen-bond donors (Lipinski definition) is 2. The zero-order valence-electron chi connectivity index (χ0n) is 10.4. The van der Waals surface area contributed by atoms with E-state index in [0.29, 0.717) is 11.4 Å². The molecule has 104 valence electrons. The van der Waals surface area contributed by atoms with Gasteiger partial charge in [-0.05, 0) is 24.3 Å². The molecule has 0 radical (unpaired) electrons. The number of amides is 2. The van der Waals surface area contributed by atoms with Gasteiger partial charge >= 0.3 is 6.03 Å². The summed E-state index contributed by atoms with van der Waals surface area (Å²) in [5.41, 5.74) is 1.06. The number of benzene rings is 2. The van der Waals surface area contributed by atoms with Gasteiger partial charge in [0.1, 0.15) is 0 Å². The fourth-order valence-corrected chi connectivity index (χ4v) is 2.04. The van der Waals surface area contributed by atoms with Crippen LogP contribution in [0.25, 0.3) is 0 Å². The van der Waals surface area contributed by atoms with E-state index in [9.17, 15) is 13.2 Å². The normalized spacial score (nSPS) is 10.8. The summed E-state index contributed by atoms with van der Waals surface area (Å²) >= 11 is 0. The van der Waals surface area contributed by atoms with Crippen molar-refractivity contribution >= 4 is 27.6 Å². The Morgan fingerprint density at radius 3 is 1.65 bits per heavy atom. The van der Waals surface area contributed by atoms with Crippen LogP contribution in [0.4, 0.5) is 16.2 Å². The van der Waals surface area contributed by atoms with Gasteiger partial charge in [-0.25, -0.2) is 14.7 Å². The minimum Gasteiger partial charge on any atom is -0.262 e. The Bertz CT molecular complexity index is 648. The van der Waals surface area contributed by atoms with Gasteiger partial charge in [-0.3, -0.25) is 4.90 Å². The van der Waals surface area contributed by atoms with Gasteiger partial charge in [0.05, 0.1) is 11.4 Å². The minimum atomic E-state index is -4.13. The molecule has 2 rings (SSSR count). The first-order valence-electron chi connectivity index (χ1n) is 5.72. The van der Waals surface area contributed by atoms with Crippen molar-refractivity contribution in [3.63, 3.8) is 0 Å². The number of rotatable bonds is 3. The summed E-state index contributed by atoms with van der Waals surface area (Å²) in [5.74, 6) is 0. The molecule has 0 spiro atoms. The number of nitrogens with two attached hydrogens (primary N) is 1. The number of urea groups is 1. The van der Waals surface area contributed by atoms with E-state index in [1.807, 2.05) is 0 Å². The molecule has 0 aliphatic carbocycles. The average Bonchev–Trinajstić information content (AvgIpc) is 2.39. The van der Waals surface area contributed by atoms with Crippen LogP contribution in [0.1, 0.15) is 0 Å². The highest BCUT2D eigenvalue weighted by Gasteiger charge is 2.20. The standard InChI is InChI=1S/C13H13N3O3S/c14-20(18,19)15-13(17)16(11-7-3-1-4-8-11)12-9-5-2-6-10-12/h1-10H,(H,15,17)(H2,14,18,19). The molecule has 0 unspecified atom stereocenters. The van der Waals surface area contributed by atoms with E-state index in [-0.39, 0.29) is 0 Å². The maximum Gasteiger partial charge on any atom is 0.341 e. The Morgan fingerprint density at radius 1 is 0.900 bits per heavy atom. The summed E-state index contributed by atoms with van der Waals surface area (Å²) in [7, 11) is -4.13. The number of carbonyl (C=O) groups excluding carboxylic acids is 1. The summed E-state index contributed by atoms with van der Waals surface area (Å²) in [6.07, 6.45) is 0. The van der Waals surface area contributed by atoms with Crippen LogP contribution in [0.2, 0.25) is 0 Å². The van der Waals surface area contributed by atoms with Crippen molar-refractivity contribution in [3.8, 4) is 0 Å². The molecular formula is C13H13N3O3S. The second-order valence-electron chi connectivity index (χ2n) is 3.96. The summed E-state index contributed by atoms with van der Waals surface area (Å²) in [6, 6.07) is 16.5. The highest BCUT2D eigenvalue weighted by Crippen LogP contribution is 2.24. The molecule has 0 fully saturated rings. The number of hydrogen-bond acceptors (Lipinski definition) is 3. The molecule has 2 aromatic rings. The van der Waals surface area contributed by atoms with E-state index < -0.39 is 16.2 Å². The Labute approximate surface area is 117 Å². The van der Waals surface area contributed by atoms with Crippen molar-refractivity contribution in [2.45, 2.75) is 0 Å². The first kappa shape index (κ1) is 14.0. The molecule has 6 nitrogen and oxygen atoms in total. The number of carbonyl (C=O) groups is 1. The first-order chi connectivity index (χ1) is 9.47. The molecule has 3 N–H and O–H groups in total. The highest BCUT2D eigenvalue weighted by atomic mass is 32.2. The average molecular weight is 291 g/mol. The monoisotopic (exact) mass is 291 g/mol. The number of para-hydroxylation sites is 2. The number of nitrogens with one attached hydrogen (secondary N) is 1. The fourth-order valence-electron chi connectivity index (χ4n) is 1.71. The first-order valence-corrected chi connectivity index (χ1v) is 7.27. The molecule has 0 bridgehead atoms. The van der Waals surface area contributed by atoms with E-state index in [4.69, 9.17) is 5.14 Å². The van der Waals surface area contributed by atoms with Crippen molar-refractivity contribution < 1.29 is 13.2 Å². The van der Waals surface area contributed by atoms with Crippen LogP contribution >= 0.6 is 0 Å². The number of nitrogens with zero attached hydrogens (tertiary/aromatic N) is 1. The molecule has 20 heavy (non-hydrogen) atoms. The van der Waals surface area contributed by atoms with Gasteiger partial charge in [0, 0.05) is 0 Å². The predicted molar refractivity (Wildman–Crippen MR) is 76.7 cm³/mol. The van der Waals surface area contributed by atoms with Gasteiger partial charge in [0.15, 0.2) is 0 Å². The smallest absolute Gasteiger partial charge is 0.262 e. The summed E-state index contributed by atoms with van der Waals surface area (Å²) in [6.45, 7) is 0. The van der Waals surface area contributed by atoms with Crippen LogP contribution in [0.3, 0.4) is 0 Å². The Kier molecular flexibility index (Phi) is 4.02. The molecular weight excluding hydrogens is 278 g/mol. The minimum absolute atomic E-state index is 0.528. The maximum absolute atomic E-state index is 12.1. The fraction of sp³-hybridized carbons (Fsp3) is 0. The van der Waals surface area contributed by atoms with Crippen LogP contribution in [0, 0.1) is 0 Å². The largest absolute Gasteiger partial charge is 0.341 e. The second kappa shape index (κ2) is 5.72. The van der Waals surface area contributed by atoms with Gasteiger partial charge in [0.25, 0.3) is 10.2 Å². The van der Waals surface area contributed by atoms with E-state index >= 15 is 0 Å². The third-order valence-corrected chi connectivity index (χ3v) is 2.92. The predicted octanol–water partition coefficient (Wildman–Crippen LogP) is 1.74. The second-order valence-corrected chi connectivity index (χ2v) is 5.25.